The Labute approximate surface area is 226 Å². The Morgan fingerprint density at radius 3 is 2.70 bits per heavy atom. The summed E-state index contributed by atoms with van der Waals surface area (Å²) in [6.07, 6.45) is 0.653. The molecule has 2 N–H and O–H groups in total. The highest BCUT2D eigenvalue weighted by atomic mass is 19.3. The molecule has 6 bridgehead atoms. The van der Waals surface area contributed by atoms with Gasteiger partial charge in [-0.2, -0.15) is 8.78 Å². The molecule has 0 saturated carbocycles. The van der Waals surface area contributed by atoms with Gasteiger partial charge < -0.3 is 14.5 Å². The molecule has 204 valence electrons. The average Bonchev–Trinajstić information content (AvgIpc) is 3.44. The van der Waals surface area contributed by atoms with E-state index in [4.69, 9.17) is 9.72 Å². The van der Waals surface area contributed by atoms with Crippen molar-refractivity contribution >= 4 is 21.9 Å². The number of ether oxygens (including phenoxy) is 2. The van der Waals surface area contributed by atoms with Crippen LogP contribution < -0.4 is 20.6 Å². The van der Waals surface area contributed by atoms with Gasteiger partial charge in [0, 0.05) is 31.1 Å². The van der Waals surface area contributed by atoms with Gasteiger partial charge in [0.05, 0.1) is 23.0 Å². The number of alkyl halides is 2. The standard InChI is InChI=1S/C29H25F2N5O4/c1-15-11-19-14-35(15)9-10-36-28(38)21-4-2-3-20(24(21)34-36)25-27(37)32-22-12-17(13-23(39-19)26(22)33-25)16-5-7-18(8-6-16)40-29(30)31/h2-8,12-13,15,19,29,34H,9-11,14H2,1H3,(H,32,37)/t15-,19?/m1/s1. The van der Waals surface area contributed by atoms with Crippen molar-refractivity contribution in [3.05, 3.63) is 75.3 Å². The van der Waals surface area contributed by atoms with Crippen molar-refractivity contribution in [2.24, 2.45) is 0 Å². The Balaban J connectivity index is 1.44. The molecule has 0 aliphatic carbocycles. The number of H-pyrrole nitrogens is 2. The molecule has 0 spiro atoms. The van der Waals surface area contributed by atoms with Gasteiger partial charge in [0.1, 0.15) is 28.8 Å². The average molecular weight is 546 g/mol. The Hall–Kier alpha value is -4.51. The van der Waals surface area contributed by atoms with Gasteiger partial charge in [0.25, 0.3) is 11.1 Å². The molecule has 1 fully saturated rings. The first-order valence-electron chi connectivity index (χ1n) is 13.1. The molecule has 2 unspecified atom stereocenters. The molecule has 9 nitrogen and oxygen atoms in total. The maximum atomic E-state index is 13.4. The van der Waals surface area contributed by atoms with Gasteiger partial charge in [-0.05, 0) is 48.4 Å². The van der Waals surface area contributed by atoms with Crippen molar-refractivity contribution in [1.82, 2.24) is 24.6 Å². The summed E-state index contributed by atoms with van der Waals surface area (Å²) in [7, 11) is 0. The van der Waals surface area contributed by atoms with E-state index in [0.29, 0.717) is 52.9 Å². The molecule has 3 aromatic carbocycles. The van der Waals surface area contributed by atoms with Crippen molar-refractivity contribution < 1.29 is 18.3 Å². The van der Waals surface area contributed by atoms with Crippen LogP contribution in [0.2, 0.25) is 0 Å². The van der Waals surface area contributed by atoms with Crippen LogP contribution in [0, 0.1) is 0 Å². The highest BCUT2D eigenvalue weighted by Gasteiger charge is 2.31. The number of benzene rings is 3. The summed E-state index contributed by atoms with van der Waals surface area (Å²) in [5.74, 6) is 0.561. The molecule has 2 aromatic heterocycles. The van der Waals surface area contributed by atoms with E-state index >= 15 is 0 Å². The van der Waals surface area contributed by atoms with E-state index in [1.807, 2.05) is 6.07 Å². The van der Waals surface area contributed by atoms with E-state index in [1.54, 1.807) is 41.1 Å². The summed E-state index contributed by atoms with van der Waals surface area (Å²) in [5, 5.41) is 3.71. The molecule has 2 aliphatic rings. The molecule has 2 aliphatic heterocycles. The SMILES string of the molecule is C[C@@H]1CC2CN1CCn1[nH]c3c(cccc3c1=O)-c1nc3c(cc(-c4ccc(OC(F)F)cc4)cc3[nH]c1=O)O2. The minimum atomic E-state index is -2.91. The number of nitrogens with zero attached hydrogens (tertiary/aromatic N) is 3. The van der Waals surface area contributed by atoms with Gasteiger partial charge in [-0.1, -0.05) is 24.3 Å². The van der Waals surface area contributed by atoms with Crippen molar-refractivity contribution in [1.29, 1.82) is 0 Å². The summed E-state index contributed by atoms with van der Waals surface area (Å²) < 4.78 is 37.9. The Morgan fingerprint density at radius 2 is 1.90 bits per heavy atom. The first-order valence-corrected chi connectivity index (χ1v) is 13.1. The molecule has 0 amide bonds. The third-order valence-corrected chi connectivity index (χ3v) is 7.79. The summed E-state index contributed by atoms with van der Waals surface area (Å²) in [5.41, 5.74) is 3.12. The molecule has 1 saturated heterocycles. The predicted molar refractivity (Wildman–Crippen MR) is 146 cm³/mol. The Bertz CT molecular complexity index is 1880. The summed E-state index contributed by atoms with van der Waals surface area (Å²) in [4.78, 5) is 36.6. The maximum absolute atomic E-state index is 13.4. The van der Waals surface area contributed by atoms with Crippen LogP contribution in [0.5, 0.6) is 11.5 Å². The lowest BCUT2D eigenvalue weighted by Crippen LogP contribution is -2.33. The molecule has 3 atom stereocenters. The minimum Gasteiger partial charge on any atom is -0.487 e. The van der Waals surface area contributed by atoms with Crippen LogP contribution in [0.25, 0.3) is 44.3 Å². The van der Waals surface area contributed by atoms with E-state index in [9.17, 15) is 18.4 Å². The van der Waals surface area contributed by atoms with E-state index in [2.05, 4.69) is 26.6 Å². The fourth-order valence-corrected chi connectivity index (χ4v) is 5.82. The molecular weight excluding hydrogens is 520 g/mol. The van der Waals surface area contributed by atoms with E-state index in [0.717, 1.165) is 17.5 Å². The monoisotopic (exact) mass is 545 g/mol. The van der Waals surface area contributed by atoms with Gasteiger partial charge >= 0.3 is 6.61 Å². The number of hydrogen-bond acceptors (Lipinski definition) is 6. The van der Waals surface area contributed by atoms with Crippen LogP contribution in [0.3, 0.4) is 0 Å². The number of aromatic nitrogens is 4. The normalized spacial score (nSPS) is 20.4. The van der Waals surface area contributed by atoms with Crippen molar-refractivity contribution in [2.75, 3.05) is 13.1 Å². The van der Waals surface area contributed by atoms with Crippen LogP contribution in [-0.4, -0.2) is 56.5 Å². The maximum Gasteiger partial charge on any atom is 0.387 e. The van der Waals surface area contributed by atoms with Crippen molar-refractivity contribution in [3.8, 4) is 33.9 Å². The van der Waals surface area contributed by atoms with Gasteiger partial charge in [-0.25, -0.2) is 4.98 Å². The fraction of sp³-hybridized carbons (Fsp3) is 0.276. The number of aromatic amines is 2. The van der Waals surface area contributed by atoms with E-state index < -0.39 is 12.2 Å². The fourth-order valence-electron chi connectivity index (χ4n) is 5.82. The smallest absolute Gasteiger partial charge is 0.387 e. The second kappa shape index (κ2) is 9.30. The molecule has 4 heterocycles. The zero-order valence-corrected chi connectivity index (χ0v) is 21.5. The lowest BCUT2D eigenvalue weighted by Gasteiger charge is -2.21. The lowest BCUT2D eigenvalue weighted by atomic mass is 10.0. The molecular formula is C29H25F2N5O4. The Morgan fingerprint density at radius 1 is 1.07 bits per heavy atom. The number of nitrogens with one attached hydrogen (secondary N) is 2. The predicted octanol–water partition coefficient (Wildman–Crippen LogP) is 4.36. The van der Waals surface area contributed by atoms with Gasteiger partial charge in [0.15, 0.2) is 0 Å². The second-order valence-electron chi connectivity index (χ2n) is 10.3. The van der Waals surface area contributed by atoms with Gasteiger partial charge in [0.2, 0.25) is 0 Å². The number of halogens is 2. The highest BCUT2D eigenvalue weighted by Crippen LogP contribution is 2.35. The second-order valence-corrected chi connectivity index (χ2v) is 10.3. The molecule has 0 radical (unpaired) electrons. The third kappa shape index (κ3) is 4.13. The van der Waals surface area contributed by atoms with Crippen LogP contribution >= 0.6 is 0 Å². The zero-order valence-electron chi connectivity index (χ0n) is 21.5. The number of fused-ring (bicyclic) bond motifs is 5. The number of para-hydroxylation sites is 1. The van der Waals surface area contributed by atoms with Gasteiger partial charge in [-0.3, -0.25) is 24.3 Å². The lowest BCUT2D eigenvalue weighted by molar-refractivity contribution is -0.0498. The highest BCUT2D eigenvalue weighted by molar-refractivity contribution is 5.94. The van der Waals surface area contributed by atoms with Gasteiger partial charge in [-0.15, -0.1) is 0 Å². The van der Waals surface area contributed by atoms with Crippen LogP contribution in [-0.2, 0) is 6.54 Å². The molecule has 11 heteroatoms. The first kappa shape index (κ1) is 24.5. The third-order valence-electron chi connectivity index (χ3n) is 7.79. The molecule has 40 heavy (non-hydrogen) atoms. The number of hydrogen-bond donors (Lipinski definition) is 2. The zero-order chi connectivity index (χ0) is 27.5. The van der Waals surface area contributed by atoms with Crippen LogP contribution in [0.4, 0.5) is 8.78 Å². The van der Waals surface area contributed by atoms with Crippen LogP contribution in [0.1, 0.15) is 13.3 Å². The topological polar surface area (TPSA) is 105 Å². The molecule has 5 aromatic rings. The van der Waals surface area contributed by atoms with E-state index in [-0.39, 0.29) is 29.1 Å². The summed E-state index contributed by atoms with van der Waals surface area (Å²) in [6, 6.07) is 15.4. The van der Waals surface area contributed by atoms with Crippen LogP contribution in [0.15, 0.2) is 64.2 Å². The van der Waals surface area contributed by atoms with Crippen molar-refractivity contribution in [3.63, 3.8) is 0 Å². The van der Waals surface area contributed by atoms with Crippen molar-refractivity contribution in [2.45, 2.75) is 38.6 Å². The molecule has 7 rings (SSSR count). The number of rotatable bonds is 3. The Kier molecular flexibility index (Phi) is 5.70. The summed E-state index contributed by atoms with van der Waals surface area (Å²) in [6.45, 7) is 1.03. The first-order chi connectivity index (χ1) is 19.3. The quantitative estimate of drug-likeness (QED) is 0.349. The summed E-state index contributed by atoms with van der Waals surface area (Å²) >= 11 is 0. The minimum absolute atomic E-state index is 0.0539. The van der Waals surface area contributed by atoms with E-state index in [1.165, 1.54) is 12.1 Å². The largest absolute Gasteiger partial charge is 0.487 e.